The molecule has 126 valence electrons. The summed E-state index contributed by atoms with van der Waals surface area (Å²) < 4.78 is 2.01. The van der Waals surface area contributed by atoms with Gasteiger partial charge < -0.3 is 0 Å². The van der Waals surface area contributed by atoms with E-state index in [1.165, 1.54) is 17.3 Å². The van der Waals surface area contributed by atoms with Crippen LogP contribution in [0.3, 0.4) is 0 Å². The predicted octanol–water partition coefficient (Wildman–Crippen LogP) is 4.12. The highest BCUT2D eigenvalue weighted by atomic mass is 32.2. The minimum atomic E-state index is 0.286. The average molecular weight is 376 g/mol. The minimum Gasteiger partial charge on any atom is -0.269 e. The molecule has 0 atom stereocenters. The summed E-state index contributed by atoms with van der Waals surface area (Å²) in [5, 5.41) is 28.9. The zero-order valence-electron chi connectivity index (χ0n) is 13.7. The van der Waals surface area contributed by atoms with Crippen LogP contribution in [0.2, 0.25) is 0 Å². The zero-order valence-corrected chi connectivity index (χ0v) is 15.3. The molecule has 1 aromatic carbocycles. The number of aryl methyl sites for hydroxylation is 1. The maximum atomic E-state index is 8.86. The van der Waals surface area contributed by atoms with Crippen molar-refractivity contribution in [1.29, 1.82) is 5.26 Å². The summed E-state index contributed by atoms with van der Waals surface area (Å²) in [6.45, 7) is 2.05. The quantitative estimate of drug-likeness (QED) is 0.533. The van der Waals surface area contributed by atoms with Crippen LogP contribution in [-0.4, -0.2) is 25.0 Å². The van der Waals surface area contributed by atoms with Crippen LogP contribution in [-0.2, 0) is 0 Å². The summed E-state index contributed by atoms with van der Waals surface area (Å²) in [5.41, 5.74) is 2.45. The van der Waals surface area contributed by atoms with Crippen molar-refractivity contribution >= 4 is 23.1 Å². The van der Waals surface area contributed by atoms with Crippen molar-refractivity contribution in [3.8, 4) is 22.5 Å². The van der Waals surface area contributed by atoms with Gasteiger partial charge in [-0.1, -0.05) is 23.8 Å². The molecule has 8 heteroatoms. The van der Waals surface area contributed by atoms with E-state index in [4.69, 9.17) is 5.26 Å². The largest absolute Gasteiger partial charge is 0.269 e. The molecule has 0 radical (unpaired) electrons. The second-order valence-corrected chi connectivity index (χ2v) is 7.36. The Balaban J connectivity index is 1.79. The highest BCUT2D eigenvalue weighted by Gasteiger charge is 2.18. The lowest BCUT2D eigenvalue weighted by Gasteiger charge is -2.09. The van der Waals surface area contributed by atoms with Gasteiger partial charge in [-0.15, -0.1) is 31.7 Å². The fraction of sp³-hybridized carbons (Fsp3) is 0.0556. The Morgan fingerprint density at radius 1 is 1.00 bits per heavy atom. The molecule has 0 fully saturated rings. The number of aromatic nitrogens is 5. The lowest BCUT2D eigenvalue weighted by molar-refractivity contribution is 0.868. The van der Waals surface area contributed by atoms with Crippen molar-refractivity contribution in [3.05, 3.63) is 65.2 Å². The molecule has 4 aromatic rings. The van der Waals surface area contributed by atoms with Gasteiger partial charge in [-0.05, 0) is 54.4 Å². The maximum Gasteiger partial charge on any atom is 0.202 e. The third-order valence-corrected chi connectivity index (χ3v) is 5.36. The fourth-order valence-corrected chi connectivity index (χ4v) is 3.82. The number of benzene rings is 1. The van der Waals surface area contributed by atoms with E-state index >= 15 is 0 Å². The highest BCUT2D eigenvalue weighted by Crippen LogP contribution is 2.32. The lowest BCUT2D eigenvalue weighted by atomic mass is 10.2. The fourth-order valence-electron chi connectivity index (χ4n) is 2.36. The highest BCUT2D eigenvalue weighted by molar-refractivity contribution is 7.99. The molecule has 0 saturated heterocycles. The number of nitriles is 1. The minimum absolute atomic E-state index is 0.286. The SMILES string of the molecule is Cc1ccc(-n2c(Sc3ccc(C#N)nn3)nnc2-c2cccs2)cc1. The van der Waals surface area contributed by atoms with Crippen LogP contribution in [0.5, 0.6) is 0 Å². The second-order valence-electron chi connectivity index (χ2n) is 5.43. The molecule has 0 aliphatic carbocycles. The van der Waals surface area contributed by atoms with Crippen LogP contribution in [0, 0.1) is 18.3 Å². The smallest absolute Gasteiger partial charge is 0.202 e. The molecule has 3 heterocycles. The van der Waals surface area contributed by atoms with Gasteiger partial charge >= 0.3 is 0 Å². The molecule has 4 rings (SSSR count). The third-order valence-electron chi connectivity index (χ3n) is 3.62. The zero-order chi connectivity index (χ0) is 17.9. The first-order chi connectivity index (χ1) is 12.7. The molecule has 0 aliphatic heterocycles. The van der Waals surface area contributed by atoms with Gasteiger partial charge in [-0.2, -0.15) is 5.26 Å². The van der Waals surface area contributed by atoms with Crippen LogP contribution >= 0.6 is 23.1 Å². The van der Waals surface area contributed by atoms with E-state index in [1.807, 2.05) is 40.3 Å². The van der Waals surface area contributed by atoms with Crippen molar-refractivity contribution in [1.82, 2.24) is 25.0 Å². The van der Waals surface area contributed by atoms with Crippen molar-refractivity contribution in [2.24, 2.45) is 0 Å². The number of rotatable bonds is 4. The molecular formula is C18H12N6S2. The first-order valence-electron chi connectivity index (χ1n) is 7.72. The number of thiophene rings is 1. The Labute approximate surface area is 158 Å². The maximum absolute atomic E-state index is 8.86. The van der Waals surface area contributed by atoms with Crippen molar-refractivity contribution in [2.75, 3.05) is 0 Å². The van der Waals surface area contributed by atoms with Gasteiger partial charge in [0.25, 0.3) is 0 Å². The van der Waals surface area contributed by atoms with Gasteiger partial charge in [-0.3, -0.25) is 4.57 Å². The van der Waals surface area contributed by atoms with Gasteiger partial charge in [0, 0.05) is 5.69 Å². The molecule has 26 heavy (non-hydrogen) atoms. The molecule has 6 nitrogen and oxygen atoms in total. The lowest BCUT2D eigenvalue weighted by Crippen LogP contribution is -1.99. The molecule has 0 N–H and O–H groups in total. The van der Waals surface area contributed by atoms with Crippen LogP contribution in [0.25, 0.3) is 16.4 Å². The number of nitrogens with zero attached hydrogens (tertiary/aromatic N) is 6. The van der Waals surface area contributed by atoms with Crippen molar-refractivity contribution in [2.45, 2.75) is 17.1 Å². The summed E-state index contributed by atoms with van der Waals surface area (Å²) >= 11 is 2.98. The van der Waals surface area contributed by atoms with Crippen LogP contribution in [0.4, 0.5) is 0 Å². The number of hydrogen-bond donors (Lipinski definition) is 0. The molecule has 0 unspecified atom stereocenters. The van der Waals surface area contributed by atoms with E-state index in [1.54, 1.807) is 23.5 Å². The van der Waals surface area contributed by atoms with Crippen molar-refractivity contribution < 1.29 is 0 Å². The van der Waals surface area contributed by atoms with Crippen LogP contribution in [0.15, 0.2) is 64.1 Å². The Kier molecular flexibility index (Phi) is 4.48. The van der Waals surface area contributed by atoms with E-state index in [2.05, 4.69) is 39.5 Å². The van der Waals surface area contributed by atoms with E-state index in [-0.39, 0.29) is 5.69 Å². The van der Waals surface area contributed by atoms with E-state index in [9.17, 15) is 0 Å². The van der Waals surface area contributed by atoms with Crippen LogP contribution in [0.1, 0.15) is 11.3 Å². The van der Waals surface area contributed by atoms with Gasteiger partial charge in [0.05, 0.1) is 4.88 Å². The monoisotopic (exact) mass is 376 g/mol. The standard InChI is InChI=1S/C18H12N6S2/c1-12-4-7-14(8-5-12)24-17(15-3-2-10-25-15)22-23-18(24)26-16-9-6-13(11-19)20-21-16/h2-10H,1H3. The molecular weight excluding hydrogens is 364 g/mol. The summed E-state index contributed by atoms with van der Waals surface area (Å²) in [7, 11) is 0. The van der Waals surface area contributed by atoms with E-state index < -0.39 is 0 Å². The molecule has 0 spiro atoms. The normalized spacial score (nSPS) is 10.6. The summed E-state index contributed by atoms with van der Waals surface area (Å²) in [6.07, 6.45) is 0. The molecule has 0 saturated carbocycles. The van der Waals surface area contributed by atoms with Gasteiger partial charge in [0.2, 0.25) is 5.16 Å². The number of hydrogen-bond acceptors (Lipinski definition) is 7. The Morgan fingerprint density at radius 2 is 1.85 bits per heavy atom. The second kappa shape index (κ2) is 7.07. The summed E-state index contributed by atoms with van der Waals surface area (Å²) in [5.74, 6) is 0.785. The molecule has 3 aromatic heterocycles. The summed E-state index contributed by atoms with van der Waals surface area (Å²) in [4.78, 5) is 1.04. The predicted molar refractivity (Wildman–Crippen MR) is 100 cm³/mol. The average Bonchev–Trinajstić information content (AvgIpc) is 3.33. The summed E-state index contributed by atoms with van der Waals surface area (Å²) in [6, 6.07) is 17.6. The molecule has 0 aliphatic rings. The van der Waals surface area contributed by atoms with Crippen LogP contribution < -0.4 is 0 Å². The Bertz CT molecular complexity index is 1060. The first kappa shape index (κ1) is 16.4. The van der Waals surface area contributed by atoms with E-state index in [0.717, 1.165) is 16.4 Å². The van der Waals surface area contributed by atoms with Gasteiger partial charge in [0.15, 0.2) is 11.5 Å². The first-order valence-corrected chi connectivity index (χ1v) is 9.42. The molecule has 0 bridgehead atoms. The third kappa shape index (κ3) is 3.22. The van der Waals surface area contributed by atoms with E-state index in [0.29, 0.717) is 10.2 Å². The van der Waals surface area contributed by atoms with Crippen molar-refractivity contribution in [3.63, 3.8) is 0 Å². The molecule has 0 amide bonds. The van der Waals surface area contributed by atoms with Gasteiger partial charge in [0.1, 0.15) is 11.1 Å². The Hall–Kier alpha value is -3.02. The topological polar surface area (TPSA) is 80.3 Å². The Morgan fingerprint density at radius 3 is 2.50 bits per heavy atom. The van der Waals surface area contributed by atoms with Gasteiger partial charge in [-0.25, -0.2) is 0 Å².